The van der Waals surface area contributed by atoms with Gasteiger partial charge in [0.15, 0.2) is 5.76 Å². The second-order valence-corrected chi connectivity index (χ2v) is 5.29. The molecule has 5 heteroatoms. The highest BCUT2D eigenvalue weighted by molar-refractivity contribution is 5.91. The highest BCUT2D eigenvalue weighted by Crippen LogP contribution is 2.13. The Bertz CT molecular complexity index is 423. The van der Waals surface area contributed by atoms with E-state index < -0.39 is 0 Å². The fourth-order valence-corrected chi connectivity index (χ4v) is 2.59. The van der Waals surface area contributed by atoms with Crippen molar-refractivity contribution in [1.29, 1.82) is 0 Å². The normalized spacial score (nSPS) is 17.3. The number of rotatable bonds is 6. The maximum Gasteiger partial charge on any atom is 0.287 e. The number of nitrogens with one attached hydrogen (secondary N) is 1. The molecular weight excluding hydrogens is 256 g/mol. The van der Waals surface area contributed by atoms with E-state index in [1.807, 2.05) is 0 Å². The Morgan fingerprint density at radius 2 is 2.20 bits per heavy atom. The Balaban J connectivity index is 1.79. The molecule has 1 aromatic rings. The maximum absolute atomic E-state index is 12.1. The predicted octanol–water partition coefficient (Wildman–Crippen LogP) is 2.03. The summed E-state index contributed by atoms with van der Waals surface area (Å²) < 4.78 is 10.4. The molecule has 1 aliphatic rings. The number of ether oxygens (including phenoxy) is 1. The van der Waals surface area contributed by atoms with Crippen LogP contribution in [0, 0.1) is 0 Å². The zero-order valence-electron chi connectivity index (χ0n) is 12.4. The Hall–Kier alpha value is -1.33. The molecule has 0 aliphatic carbocycles. The van der Waals surface area contributed by atoms with Gasteiger partial charge in [-0.2, -0.15) is 0 Å². The summed E-state index contributed by atoms with van der Waals surface area (Å²) in [6, 6.07) is 3.74. The van der Waals surface area contributed by atoms with Crippen LogP contribution in [0.4, 0.5) is 0 Å². The second-order valence-electron chi connectivity index (χ2n) is 5.29. The summed E-state index contributed by atoms with van der Waals surface area (Å²) >= 11 is 0. The van der Waals surface area contributed by atoms with Crippen LogP contribution >= 0.6 is 0 Å². The summed E-state index contributed by atoms with van der Waals surface area (Å²) in [5.74, 6) is 0.921. The molecule has 5 nitrogen and oxygen atoms in total. The van der Waals surface area contributed by atoms with Crippen molar-refractivity contribution in [3.05, 3.63) is 23.7 Å². The van der Waals surface area contributed by atoms with Crippen molar-refractivity contribution < 1.29 is 13.9 Å². The molecule has 1 amide bonds. The van der Waals surface area contributed by atoms with Gasteiger partial charge in [-0.3, -0.25) is 4.79 Å². The number of likely N-dealkylation sites (tertiary alicyclic amines) is 1. The van der Waals surface area contributed by atoms with Crippen LogP contribution in [-0.2, 0) is 11.3 Å². The average Bonchev–Trinajstić information content (AvgIpc) is 2.90. The van der Waals surface area contributed by atoms with Crippen LogP contribution in [0.3, 0.4) is 0 Å². The summed E-state index contributed by atoms with van der Waals surface area (Å²) in [5.41, 5.74) is 0. The van der Waals surface area contributed by atoms with E-state index in [4.69, 9.17) is 9.15 Å². The van der Waals surface area contributed by atoms with Crippen LogP contribution in [0.2, 0.25) is 0 Å². The number of hydrogen-bond donors (Lipinski definition) is 1. The van der Waals surface area contributed by atoms with Crippen molar-refractivity contribution in [2.75, 3.05) is 26.7 Å². The summed E-state index contributed by atoms with van der Waals surface area (Å²) in [4.78, 5) is 14.5. The molecule has 0 radical (unpaired) electrons. The molecule has 2 rings (SSSR count). The standard InChI is InChI=1S/C15H24N2O3/c1-3-8-17-9-6-12(7-10-17)16-15(18)14-5-4-13(20-14)11-19-2/h4-5,12H,3,6-11H2,1-2H3,(H,16,18). The first-order valence-electron chi connectivity index (χ1n) is 7.33. The maximum atomic E-state index is 12.1. The fourth-order valence-electron chi connectivity index (χ4n) is 2.59. The molecule has 1 aliphatic heterocycles. The van der Waals surface area contributed by atoms with Gasteiger partial charge in [0, 0.05) is 26.2 Å². The first kappa shape index (κ1) is 15.1. The van der Waals surface area contributed by atoms with E-state index >= 15 is 0 Å². The van der Waals surface area contributed by atoms with Gasteiger partial charge in [-0.25, -0.2) is 0 Å². The van der Waals surface area contributed by atoms with Gasteiger partial charge in [-0.1, -0.05) is 6.92 Å². The number of carbonyl (C=O) groups is 1. The van der Waals surface area contributed by atoms with Gasteiger partial charge in [0.25, 0.3) is 5.91 Å². The number of carbonyl (C=O) groups excluding carboxylic acids is 1. The summed E-state index contributed by atoms with van der Waals surface area (Å²) in [5, 5.41) is 3.05. The van der Waals surface area contributed by atoms with Crippen LogP contribution in [0.1, 0.15) is 42.5 Å². The minimum atomic E-state index is -0.124. The van der Waals surface area contributed by atoms with Gasteiger partial charge in [0.05, 0.1) is 0 Å². The molecule has 1 saturated heterocycles. The quantitative estimate of drug-likeness (QED) is 0.866. The molecule has 1 N–H and O–H groups in total. The van der Waals surface area contributed by atoms with Crippen molar-refractivity contribution >= 4 is 5.91 Å². The highest BCUT2D eigenvalue weighted by Gasteiger charge is 2.21. The Labute approximate surface area is 120 Å². The third-order valence-corrected chi connectivity index (χ3v) is 3.63. The molecule has 1 aromatic heterocycles. The van der Waals surface area contributed by atoms with Crippen molar-refractivity contribution in [2.45, 2.75) is 38.8 Å². The van der Waals surface area contributed by atoms with E-state index in [1.165, 1.54) is 6.42 Å². The monoisotopic (exact) mass is 280 g/mol. The third-order valence-electron chi connectivity index (χ3n) is 3.63. The topological polar surface area (TPSA) is 54.7 Å². The second kappa shape index (κ2) is 7.45. The van der Waals surface area contributed by atoms with Crippen molar-refractivity contribution in [2.24, 2.45) is 0 Å². The summed E-state index contributed by atoms with van der Waals surface area (Å²) in [6.07, 6.45) is 3.21. The third kappa shape index (κ3) is 4.08. The van der Waals surface area contributed by atoms with Crippen molar-refractivity contribution in [3.63, 3.8) is 0 Å². The molecule has 0 unspecified atom stereocenters. The van der Waals surface area contributed by atoms with Gasteiger partial charge in [-0.15, -0.1) is 0 Å². The zero-order valence-corrected chi connectivity index (χ0v) is 12.4. The van der Waals surface area contributed by atoms with Crippen molar-refractivity contribution in [3.8, 4) is 0 Å². The van der Waals surface area contributed by atoms with Gasteiger partial charge in [-0.05, 0) is 37.9 Å². The largest absolute Gasteiger partial charge is 0.453 e. The number of furan rings is 1. The van der Waals surface area contributed by atoms with E-state index in [-0.39, 0.29) is 11.9 Å². The summed E-state index contributed by atoms with van der Waals surface area (Å²) in [6.45, 7) is 5.86. The van der Waals surface area contributed by atoms with E-state index in [0.29, 0.717) is 18.1 Å². The van der Waals surface area contributed by atoms with E-state index in [1.54, 1.807) is 19.2 Å². The Morgan fingerprint density at radius 1 is 1.45 bits per heavy atom. The van der Waals surface area contributed by atoms with Crippen LogP contribution in [-0.4, -0.2) is 43.6 Å². The lowest BCUT2D eigenvalue weighted by atomic mass is 10.0. The smallest absolute Gasteiger partial charge is 0.287 e. The average molecular weight is 280 g/mol. The predicted molar refractivity (Wildman–Crippen MR) is 76.6 cm³/mol. The van der Waals surface area contributed by atoms with Crippen LogP contribution in [0.25, 0.3) is 0 Å². The van der Waals surface area contributed by atoms with E-state index in [9.17, 15) is 4.79 Å². The van der Waals surface area contributed by atoms with Gasteiger partial charge in [0.2, 0.25) is 0 Å². The first-order chi connectivity index (χ1) is 9.72. The lowest BCUT2D eigenvalue weighted by Crippen LogP contribution is -2.44. The van der Waals surface area contributed by atoms with Crippen LogP contribution in [0.5, 0.6) is 0 Å². The molecule has 0 bridgehead atoms. The van der Waals surface area contributed by atoms with Crippen LogP contribution < -0.4 is 5.32 Å². The highest BCUT2D eigenvalue weighted by atomic mass is 16.5. The Morgan fingerprint density at radius 3 is 2.85 bits per heavy atom. The van der Waals surface area contributed by atoms with E-state index in [0.717, 1.165) is 32.5 Å². The molecular formula is C15H24N2O3. The minimum absolute atomic E-state index is 0.124. The molecule has 0 atom stereocenters. The number of amides is 1. The lowest BCUT2D eigenvalue weighted by molar-refractivity contribution is 0.0875. The summed E-state index contributed by atoms with van der Waals surface area (Å²) in [7, 11) is 1.60. The lowest BCUT2D eigenvalue weighted by Gasteiger charge is -2.31. The molecule has 112 valence electrons. The minimum Gasteiger partial charge on any atom is -0.453 e. The number of methoxy groups -OCH3 is 1. The number of piperidine rings is 1. The Kier molecular flexibility index (Phi) is 5.61. The SMILES string of the molecule is CCCN1CCC(NC(=O)c2ccc(COC)o2)CC1. The van der Waals surface area contributed by atoms with Crippen molar-refractivity contribution in [1.82, 2.24) is 10.2 Å². The van der Waals surface area contributed by atoms with Gasteiger partial charge < -0.3 is 19.4 Å². The molecule has 2 heterocycles. The fraction of sp³-hybridized carbons (Fsp3) is 0.667. The molecule has 0 saturated carbocycles. The van der Waals surface area contributed by atoms with Gasteiger partial charge in [0.1, 0.15) is 12.4 Å². The molecule has 1 fully saturated rings. The number of hydrogen-bond acceptors (Lipinski definition) is 4. The van der Waals surface area contributed by atoms with Crippen LogP contribution in [0.15, 0.2) is 16.5 Å². The molecule has 0 spiro atoms. The molecule has 0 aromatic carbocycles. The van der Waals surface area contributed by atoms with E-state index in [2.05, 4.69) is 17.1 Å². The van der Waals surface area contributed by atoms with Gasteiger partial charge >= 0.3 is 0 Å². The first-order valence-corrected chi connectivity index (χ1v) is 7.33. The molecule has 20 heavy (non-hydrogen) atoms. The zero-order chi connectivity index (χ0) is 14.4. The number of nitrogens with zero attached hydrogens (tertiary/aromatic N) is 1.